The number of rotatable bonds is 1. The number of aliphatic imine (C=N–C) groups is 1. The van der Waals surface area contributed by atoms with E-state index in [4.69, 9.17) is 12.2 Å². The number of hydrogen-bond acceptors (Lipinski definition) is 3. The van der Waals surface area contributed by atoms with Gasteiger partial charge in [0.15, 0.2) is 0 Å². The molecule has 2 nitrogen and oxygen atoms in total. The standard InChI is InChI=1S/C19H18F2N2S2/c1-10-18(24)23-19-15(11-6-3-2-4-9-14(11)25-19)17(22-10)16-12(20)7-5-8-13(16)21/h5,7-8,10H,2-4,6,9H2,1H3,(H,23,24)/t10-/m0/s1. The monoisotopic (exact) mass is 376 g/mol. The molecule has 0 amide bonds. The van der Waals surface area contributed by atoms with Crippen LogP contribution in [0.5, 0.6) is 0 Å². The quantitative estimate of drug-likeness (QED) is 0.541. The first kappa shape index (κ1) is 16.8. The van der Waals surface area contributed by atoms with Crippen LogP contribution in [-0.4, -0.2) is 16.7 Å². The molecule has 2 aromatic rings. The third-order valence-corrected chi connectivity index (χ3v) is 6.45. The zero-order chi connectivity index (χ0) is 17.6. The molecule has 4 rings (SSSR count). The lowest BCUT2D eigenvalue weighted by molar-refractivity contribution is 0.579. The Morgan fingerprint density at radius 1 is 1.12 bits per heavy atom. The number of nitrogens with one attached hydrogen (secondary N) is 1. The summed E-state index contributed by atoms with van der Waals surface area (Å²) in [7, 11) is 0. The zero-order valence-corrected chi connectivity index (χ0v) is 15.5. The minimum Gasteiger partial charge on any atom is -0.339 e. The van der Waals surface area contributed by atoms with Gasteiger partial charge in [-0.1, -0.05) is 24.7 Å². The fourth-order valence-corrected chi connectivity index (χ4v) is 5.05. The Kier molecular flexibility index (Phi) is 4.41. The number of anilines is 1. The average molecular weight is 376 g/mol. The van der Waals surface area contributed by atoms with Crippen molar-refractivity contribution in [2.45, 2.75) is 45.1 Å². The molecular weight excluding hydrogens is 358 g/mol. The number of halogens is 2. The van der Waals surface area contributed by atoms with Crippen molar-refractivity contribution < 1.29 is 8.78 Å². The van der Waals surface area contributed by atoms with Crippen LogP contribution in [0.2, 0.25) is 0 Å². The summed E-state index contributed by atoms with van der Waals surface area (Å²) < 4.78 is 29.1. The van der Waals surface area contributed by atoms with Crippen molar-refractivity contribution in [3.05, 3.63) is 51.4 Å². The molecule has 0 unspecified atom stereocenters. The van der Waals surface area contributed by atoms with E-state index in [-0.39, 0.29) is 11.6 Å². The first-order valence-corrected chi connectivity index (χ1v) is 9.76. The summed E-state index contributed by atoms with van der Waals surface area (Å²) in [6.45, 7) is 1.85. The third kappa shape index (κ3) is 2.91. The van der Waals surface area contributed by atoms with Gasteiger partial charge in [-0.05, 0) is 50.3 Å². The van der Waals surface area contributed by atoms with Crippen molar-refractivity contribution in [3.8, 4) is 0 Å². The molecule has 25 heavy (non-hydrogen) atoms. The van der Waals surface area contributed by atoms with Gasteiger partial charge in [0, 0.05) is 10.4 Å². The molecule has 2 aliphatic rings. The normalized spacial score (nSPS) is 20.0. The molecule has 0 radical (unpaired) electrons. The molecular formula is C19H18F2N2S2. The van der Waals surface area contributed by atoms with E-state index in [0.717, 1.165) is 36.2 Å². The lowest BCUT2D eigenvalue weighted by Gasteiger charge is -2.12. The number of thiocarbonyl (C=S) groups is 1. The van der Waals surface area contributed by atoms with Gasteiger partial charge in [0.1, 0.15) is 21.6 Å². The number of hydrogen-bond donors (Lipinski definition) is 1. The molecule has 1 aliphatic carbocycles. The number of thiophene rings is 1. The van der Waals surface area contributed by atoms with E-state index in [9.17, 15) is 8.78 Å². The van der Waals surface area contributed by atoms with Crippen molar-refractivity contribution in [1.82, 2.24) is 0 Å². The molecule has 0 spiro atoms. The van der Waals surface area contributed by atoms with Crippen molar-refractivity contribution >= 4 is 39.3 Å². The molecule has 1 aliphatic heterocycles. The Hall–Kier alpha value is -1.66. The molecule has 0 saturated heterocycles. The summed E-state index contributed by atoms with van der Waals surface area (Å²) >= 11 is 7.08. The molecule has 1 aromatic heterocycles. The summed E-state index contributed by atoms with van der Waals surface area (Å²) in [6, 6.07) is 3.62. The van der Waals surface area contributed by atoms with Crippen molar-refractivity contribution in [2.75, 3.05) is 5.32 Å². The molecule has 2 heterocycles. The van der Waals surface area contributed by atoms with Gasteiger partial charge in [-0.25, -0.2) is 8.78 Å². The summed E-state index contributed by atoms with van der Waals surface area (Å²) in [4.78, 5) is 6.52. The molecule has 1 aromatic carbocycles. The predicted molar refractivity (Wildman–Crippen MR) is 103 cm³/mol. The van der Waals surface area contributed by atoms with Gasteiger partial charge in [0.25, 0.3) is 0 Å². The Balaban J connectivity index is 1.99. The first-order chi connectivity index (χ1) is 12.1. The van der Waals surface area contributed by atoms with Crippen LogP contribution in [0.1, 0.15) is 47.8 Å². The van der Waals surface area contributed by atoms with Crippen LogP contribution in [0.4, 0.5) is 13.8 Å². The number of nitrogens with zero attached hydrogens (tertiary/aromatic N) is 1. The highest BCUT2D eigenvalue weighted by Gasteiger charge is 2.30. The summed E-state index contributed by atoms with van der Waals surface area (Å²) in [5, 5.41) is 4.16. The van der Waals surface area contributed by atoms with Crippen molar-refractivity contribution in [2.24, 2.45) is 4.99 Å². The van der Waals surface area contributed by atoms with E-state index in [2.05, 4.69) is 10.3 Å². The minimum atomic E-state index is -0.585. The fourth-order valence-electron chi connectivity index (χ4n) is 3.53. The molecule has 0 saturated carbocycles. The maximum Gasteiger partial charge on any atom is 0.135 e. The molecule has 6 heteroatoms. The maximum absolute atomic E-state index is 14.5. The van der Waals surface area contributed by atoms with Gasteiger partial charge in [0.05, 0.1) is 17.3 Å². The second-order valence-electron chi connectivity index (χ2n) is 6.51. The van der Waals surface area contributed by atoms with Crippen molar-refractivity contribution in [3.63, 3.8) is 0 Å². The van der Waals surface area contributed by atoms with Crippen LogP contribution in [0, 0.1) is 11.6 Å². The van der Waals surface area contributed by atoms with Crippen LogP contribution in [-0.2, 0) is 12.8 Å². The van der Waals surface area contributed by atoms with Crippen LogP contribution in [0.15, 0.2) is 23.2 Å². The Bertz CT molecular complexity index is 866. The molecule has 0 bridgehead atoms. The maximum atomic E-state index is 14.5. The number of fused-ring (bicyclic) bond motifs is 3. The van der Waals surface area contributed by atoms with E-state index in [1.54, 1.807) is 11.3 Å². The Morgan fingerprint density at radius 2 is 1.84 bits per heavy atom. The molecule has 1 N–H and O–H groups in total. The zero-order valence-electron chi connectivity index (χ0n) is 13.9. The lowest BCUT2D eigenvalue weighted by Crippen LogP contribution is -2.20. The number of aryl methyl sites for hydroxylation is 1. The van der Waals surface area contributed by atoms with Gasteiger partial charge in [-0.3, -0.25) is 4.99 Å². The third-order valence-electron chi connectivity index (χ3n) is 4.80. The van der Waals surface area contributed by atoms with E-state index >= 15 is 0 Å². The second kappa shape index (κ2) is 6.57. The van der Waals surface area contributed by atoms with Gasteiger partial charge in [-0.2, -0.15) is 0 Å². The highest BCUT2D eigenvalue weighted by molar-refractivity contribution is 7.80. The van der Waals surface area contributed by atoms with E-state index in [1.807, 2.05) is 6.92 Å². The van der Waals surface area contributed by atoms with E-state index in [1.165, 1.54) is 35.1 Å². The van der Waals surface area contributed by atoms with Crippen LogP contribution < -0.4 is 5.32 Å². The van der Waals surface area contributed by atoms with Gasteiger partial charge in [0.2, 0.25) is 0 Å². The molecule has 0 fully saturated rings. The summed E-state index contributed by atoms with van der Waals surface area (Å²) in [6.07, 6.45) is 5.33. The van der Waals surface area contributed by atoms with Gasteiger partial charge in [-0.15, -0.1) is 11.3 Å². The predicted octanol–water partition coefficient (Wildman–Crippen LogP) is 5.27. The smallest absolute Gasteiger partial charge is 0.135 e. The summed E-state index contributed by atoms with van der Waals surface area (Å²) in [5.41, 5.74) is 2.37. The largest absolute Gasteiger partial charge is 0.339 e. The van der Waals surface area contributed by atoms with Crippen LogP contribution in [0.25, 0.3) is 0 Å². The highest BCUT2D eigenvalue weighted by Crippen LogP contribution is 2.41. The first-order valence-electron chi connectivity index (χ1n) is 8.54. The average Bonchev–Trinajstić information content (AvgIpc) is 2.70. The van der Waals surface area contributed by atoms with E-state index < -0.39 is 11.6 Å². The lowest BCUT2D eigenvalue weighted by atomic mass is 9.96. The summed E-state index contributed by atoms with van der Waals surface area (Å²) in [5.74, 6) is -1.17. The molecule has 1 atom stereocenters. The van der Waals surface area contributed by atoms with E-state index in [0.29, 0.717) is 10.7 Å². The topological polar surface area (TPSA) is 24.4 Å². The second-order valence-corrected chi connectivity index (χ2v) is 8.05. The van der Waals surface area contributed by atoms with Gasteiger partial charge < -0.3 is 5.32 Å². The minimum absolute atomic E-state index is 0.0491. The highest BCUT2D eigenvalue weighted by atomic mass is 32.1. The molecule has 130 valence electrons. The van der Waals surface area contributed by atoms with Crippen molar-refractivity contribution in [1.29, 1.82) is 0 Å². The van der Waals surface area contributed by atoms with Gasteiger partial charge >= 0.3 is 0 Å². The Morgan fingerprint density at radius 3 is 2.60 bits per heavy atom. The Labute approximate surface area is 155 Å². The van der Waals surface area contributed by atoms with Crippen LogP contribution >= 0.6 is 23.6 Å². The SMILES string of the molecule is C[C@@H]1N=C(c2c(F)cccc2F)c2c(sc3c2CCCCC3)NC1=S. The fraction of sp³-hybridized carbons (Fsp3) is 0.368. The number of benzene rings is 1. The van der Waals surface area contributed by atoms with Crippen LogP contribution in [0.3, 0.4) is 0 Å².